The number of amides is 2. The van der Waals surface area contributed by atoms with Crippen LogP contribution in [0.4, 0.5) is 5.69 Å². The van der Waals surface area contributed by atoms with Crippen LogP contribution in [0.1, 0.15) is 45.2 Å². The second kappa shape index (κ2) is 9.86. The number of ether oxygens (including phenoxy) is 2. The first-order chi connectivity index (χ1) is 14.9. The Hall–Kier alpha value is -3.02. The number of benzene rings is 2. The number of hydrogen-bond acceptors (Lipinski definition) is 4. The second-order valence-corrected chi connectivity index (χ2v) is 8.34. The summed E-state index contributed by atoms with van der Waals surface area (Å²) >= 11 is 0. The van der Waals surface area contributed by atoms with Crippen LogP contribution in [-0.4, -0.2) is 32.1 Å². The average Bonchev–Trinajstić information content (AvgIpc) is 2.78. The topological polar surface area (TPSA) is 67.9 Å². The van der Waals surface area contributed by atoms with Crippen LogP contribution in [0.3, 0.4) is 0 Å². The van der Waals surface area contributed by atoms with Gasteiger partial charge in [-0.2, -0.15) is 0 Å². The maximum atomic E-state index is 13.4. The van der Waals surface area contributed by atoms with Crippen LogP contribution in [-0.2, 0) is 9.59 Å². The summed E-state index contributed by atoms with van der Waals surface area (Å²) in [7, 11) is 3.21. The van der Waals surface area contributed by atoms with Crippen molar-refractivity contribution in [2.45, 2.75) is 45.7 Å². The highest BCUT2D eigenvalue weighted by Gasteiger charge is 2.42. The smallest absolute Gasteiger partial charge is 0.227 e. The van der Waals surface area contributed by atoms with Gasteiger partial charge < -0.3 is 19.7 Å². The van der Waals surface area contributed by atoms with Gasteiger partial charge in [-0.3, -0.25) is 9.59 Å². The normalized spacial score (nSPS) is 19.8. The van der Waals surface area contributed by atoms with Crippen molar-refractivity contribution in [1.82, 2.24) is 5.32 Å². The number of piperidine rings is 1. The van der Waals surface area contributed by atoms with Crippen LogP contribution in [0.5, 0.6) is 11.5 Å². The Morgan fingerprint density at radius 3 is 2.32 bits per heavy atom. The van der Waals surface area contributed by atoms with Gasteiger partial charge in [-0.15, -0.1) is 0 Å². The van der Waals surface area contributed by atoms with E-state index in [1.54, 1.807) is 19.1 Å². The van der Waals surface area contributed by atoms with E-state index in [1.807, 2.05) is 55.5 Å². The van der Waals surface area contributed by atoms with Crippen molar-refractivity contribution in [3.05, 3.63) is 54.1 Å². The molecule has 2 aromatic carbocycles. The van der Waals surface area contributed by atoms with Crippen LogP contribution >= 0.6 is 0 Å². The van der Waals surface area contributed by atoms with Crippen molar-refractivity contribution in [2.75, 3.05) is 19.1 Å². The van der Waals surface area contributed by atoms with E-state index < -0.39 is 12.0 Å². The first-order valence-electron chi connectivity index (χ1n) is 10.8. The number of carbonyl (C=O) groups is 2. The molecule has 3 atom stereocenters. The third kappa shape index (κ3) is 4.84. The number of carbonyl (C=O) groups excluding carboxylic acids is 2. The molecular formula is C25H32N2O4. The predicted octanol–water partition coefficient (Wildman–Crippen LogP) is 4.35. The summed E-state index contributed by atoms with van der Waals surface area (Å²) in [6.07, 6.45) is 0.802. The Kier molecular flexibility index (Phi) is 7.21. The summed E-state index contributed by atoms with van der Waals surface area (Å²) in [5.41, 5.74) is 1.56. The zero-order valence-corrected chi connectivity index (χ0v) is 18.9. The molecule has 1 heterocycles. The molecule has 1 saturated heterocycles. The van der Waals surface area contributed by atoms with Crippen LogP contribution in [0.15, 0.2) is 48.5 Å². The quantitative estimate of drug-likeness (QED) is 0.718. The van der Waals surface area contributed by atoms with Gasteiger partial charge in [-0.1, -0.05) is 32.0 Å². The van der Waals surface area contributed by atoms with Crippen molar-refractivity contribution < 1.29 is 19.1 Å². The Bertz CT molecular complexity index is 910. The van der Waals surface area contributed by atoms with Gasteiger partial charge in [-0.05, 0) is 49.6 Å². The molecule has 0 bridgehead atoms. The fourth-order valence-corrected chi connectivity index (χ4v) is 3.98. The molecule has 2 aromatic rings. The van der Waals surface area contributed by atoms with Gasteiger partial charge in [0, 0.05) is 23.7 Å². The molecule has 0 spiro atoms. The van der Waals surface area contributed by atoms with E-state index in [0.29, 0.717) is 30.3 Å². The molecule has 0 aliphatic carbocycles. The Labute approximate surface area is 184 Å². The van der Waals surface area contributed by atoms with Gasteiger partial charge >= 0.3 is 0 Å². The number of nitrogens with one attached hydrogen (secondary N) is 1. The molecule has 1 aliphatic heterocycles. The summed E-state index contributed by atoms with van der Waals surface area (Å²) in [6.45, 7) is 6.17. The molecule has 3 rings (SSSR count). The second-order valence-electron chi connectivity index (χ2n) is 8.34. The summed E-state index contributed by atoms with van der Waals surface area (Å²) in [6, 6.07) is 14.5. The molecule has 0 aromatic heterocycles. The number of para-hydroxylation sites is 1. The minimum Gasteiger partial charge on any atom is -0.497 e. The van der Waals surface area contributed by atoms with Crippen molar-refractivity contribution in [1.29, 1.82) is 0 Å². The van der Waals surface area contributed by atoms with E-state index in [2.05, 4.69) is 19.2 Å². The van der Waals surface area contributed by atoms with Gasteiger partial charge in [0.1, 0.15) is 11.5 Å². The number of nitrogens with zero attached hydrogens (tertiary/aromatic N) is 1. The van der Waals surface area contributed by atoms with Crippen molar-refractivity contribution in [3.63, 3.8) is 0 Å². The van der Waals surface area contributed by atoms with Crippen molar-refractivity contribution in [2.24, 2.45) is 11.8 Å². The maximum Gasteiger partial charge on any atom is 0.227 e. The van der Waals surface area contributed by atoms with E-state index in [9.17, 15) is 9.59 Å². The summed E-state index contributed by atoms with van der Waals surface area (Å²) in [5.74, 6) is 1.25. The SMILES string of the molecule is COc1ccc(N2C(=O)CCC(C(=O)NC(C)C(C)C)C2c2ccccc2OC)cc1. The highest BCUT2D eigenvalue weighted by molar-refractivity contribution is 5.97. The highest BCUT2D eigenvalue weighted by atomic mass is 16.5. The summed E-state index contributed by atoms with van der Waals surface area (Å²) in [4.78, 5) is 28.3. The molecule has 31 heavy (non-hydrogen) atoms. The van der Waals surface area contributed by atoms with Gasteiger partial charge in [0.2, 0.25) is 11.8 Å². The van der Waals surface area contributed by atoms with Crippen LogP contribution in [0.25, 0.3) is 0 Å². The Balaban J connectivity index is 2.08. The molecular weight excluding hydrogens is 392 g/mol. The van der Waals surface area contributed by atoms with E-state index in [0.717, 1.165) is 11.3 Å². The fourth-order valence-electron chi connectivity index (χ4n) is 3.98. The highest BCUT2D eigenvalue weighted by Crippen LogP contribution is 2.43. The molecule has 1 N–H and O–H groups in total. The fraction of sp³-hybridized carbons (Fsp3) is 0.440. The Morgan fingerprint density at radius 2 is 1.71 bits per heavy atom. The first-order valence-corrected chi connectivity index (χ1v) is 10.8. The van der Waals surface area contributed by atoms with E-state index in [1.165, 1.54) is 0 Å². The lowest BCUT2D eigenvalue weighted by molar-refractivity contribution is -0.130. The molecule has 0 radical (unpaired) electrons. The summed E-state index contributed by atoms with van der Waals surface area (Å²) < 4.78 is 10.9. The largest absolute Gasteiger partial charge is 0.497 e. The monoisotopic (exact) mass is 424 g/mol. The van der Waals surface area contributed by atoms with Crippen LogP contribution < -0.4 is 19.7 Å². The first kappa shape index (κ1) is 22.7. The zero-order chi connectivity index (χ0) is 22.5. The molecule has 1 aliphatic rings. The van der Waals surface area contributed by atoms with Crippen molar-refractivity contribution >= 4 is 17.5 Å². The molecule has 1 fully saturated rings. The van der Waals surface area contributed by atoms with Gasteiger partial charge in [0.15, 0.2) is 0 Å². The van der Waals surface area contributed by atoms with Gasteiger partial charge in [-0.25, -0.2) is 0 Å². The molecule has 166 valence electrons. The molecule has 6 nitrogen and oxygen atoms in total. The third-order valence-corrected chi connectivity index (χ3v) is 6.11. The molecule has 0 saturated carbocycles. The lowest BCUT2D eigenvalue weighted by atomic mass is 9.82. The third-order valence-electron chi connectivity index (χ3n) is 6.11. The minimum absolute atomic E-state index is 0.0120. The van der Waals surface area contributed by atoms with Crippen LogP contribution in [0.2, 0.25) is 0 Å². The minimum atomic E-state index is -0.467. The number of hydrogen-bond donors (Lipinski definition) is 1. The van der Waals surface area contributed by atoms with Crippen molar-refractivity contribution in [3.8, 4) is 11.5 Å². The molecule has 2 amide bonds. The lowest BCUT2D eigenvalue weighted by Crippen LogP contribution is -2.50. The summed E-state index contributed by atoms with van der Waals surface area (Å²) in [5, 5.41) is 3.15. The lowest BCUT2D eigenvalue weighted by Gasteiger charge is -2.41. The van der Waals surface area contributed by atoms with E-state index in [-0.39, 0.29) is 17.9 Å². The Morgan fingerprint density at radius 1 is 1.03 bits per heavy atom. The zero-order valence-electron chi connectivity index (χ0n) is 18.9. The van der Waals surface area contributed by atoms with Gasteiger partial charge in [0.05, 0.1) is 26.2 Å². The average molecular weight is 425 g/mol. The molecule has 3 unspecified atom stereocenters. The molecule has 6 heteroatoms. The maximum absolute atomic E-state index is 13.4. The van der Waals surface area contributed by atoms with E-state index >= 15 is 0 Å². The van der Waals surface area contributed by atoms with Gasteiger partial charge in [0.25, 0.3) is 0 Å². The predicted molar refractivity (Wildman–Crippen MR) is 121 cm³/mol. The van der Waals surface area contributed by atoms with E-state index in [4.69, 9.17) is 9.47 Å². The van der Waals surface area contributed by atoms with Crippen LogP contribution in [0, 0.1) is 11.8 Å². The number of methoxy groups -OCH3 is 2. The standard InChI is InChI=1S/C25H32N2O4/c1-16(2)17(3)26-25(29)21-14-15-23(28)27(18-10-12-19(30-4)13-11-18)24(21)20-8-6-7-9-22(20)31-5/h6-13,16-17,21,24H,14-15H2,1-5H3,(H,26,29). The number of rotatable bonds is 7. The number of anilines is 1.